The lowest BCUT2D eigenvalue weighted by atomic mass is 10.3. The maximum atomic E-state index is 10.4. The highest BCUT2D eigenvalue weighted by atomic mass is 79.9. The third-order valence-corrected chi connectivity index (χ3v) is 1.84. The Bertz CT molecular complexity index is 135. The van der Waals surface area contributed by atoms with Gasteiger partial charge in [-0.15, -0.1) is 0 Å². The molecule has 0 saturated heterocycles. The van der Waals surface area contributed by atoms with Crippen molar-refractivity contribution in [3.05, 3.63) is 10.2 Å². The minimum absolute atomic E-state index is 0.0370. The molecule has 0 fully saturated rings. The van der Waals surface area contributed by atoms with E-state index in [1.54, 1.807) is 6.92 Å². The predicted molar refractivity (Wildman–Crippen MR) is 36.5 cm³/mol. The average Bonchev–Trinajstić information content (AvgIpc) is 1.64. The van der Waals surface area contributed by atoms with E-state index in [1.165, 1.54) is 6.92 Å². The lowest BCUT2D eigenvalue weighted by molar-refractivity contribution is -0.112. The summed E-state index contributed by atoms with van der Waals surface area (Å²) in [4.78, 5) is 10.4. The molecule has 0 aliphatic heterocycles. The third kappa shape index (κ3) is 2.12. The molecule has 2 N–H and O–H groups in total. The lowest BCUT2D eigenvalue weighted by Crippen LogP contribution is -1.99. The number of carbonyl (C=O) groups excluding carboxylic acids is 1. The molecule has 0 bridgehead atoms. The molecule has 0 amide bonds. The molecule has 0 rings (SSSR count). The molecule has 8 heavy (non-hydrogen) atoms. The zero-order valence-corrected chi connectivity index (χ0v) is 6.45. The Balaban J connectivity index is 4.23. The molecule has 3 heteroatoms. The van der Waals surface area contributed by atoms with Gasteiger partial charge in [0.2, 0.25) is 0 Å². The van der Waals surface area contributed by atoms with Crippen molar-refractivity contribution in [3.63, 3.8) is 0 Å². The topological polar surface area (TPSA) is 43.1 Å². The number of hydrogen-bond donors (Lipinski definition) is 1. The number of allylic oxidation sites excluding steroid dienone is 2. The molecule has 0 aromatic carbocycles. The minimum atomic E-state index is -0.0370. The molecule has 0 heterocycles. The quantitative estimate of drug-likeness (QED) is 0.612. The van der Waals surface area contributed by atoms with Crippen LogP contribution in [0.5, 0.6) is 0 Å². The van der Waals surface area contributed by atoms with E-state index in [-0.39, 0.29) is 5.78 Å². The van der Waals surface area contributed by atoms with Crippen molar-refractivity contribution in [1.29, 1.82) is 0 Å². The maximum Gasteiger partial charge on any atom is 0.168 e. The Morgan fingerprint density at radius 2 is 1.88 bits per heavy atom. The SMILES string of the molecule is CC(=O)C(Br)=C(C)N. The van der Waals surface area contributed by atoms with Crippen LogP contribution in [0.25, 0.3) is 0 Å². The monoisotopic (exact) mass is 177 g/mol. The van der Waals surface area contributed by atoms with E-state index in [1.807, 2.05) is 0 Å². The van der Waals surface area contributed by atoms with Gasteiger partial charge in [-0.05, 0) is 29.8 Å². The Morgan fingerprint density at radius 3 is 1.88 bits per heavy atom. The first-order valence-electron chi connectivity index (χ1n) is 2.18. The number of ketones is 1. The standard InChI is InChI=1S/C5H8BrNO/c1-3(7)5(6)4(2)8/h7H2,1-2H3. The van der Waals surface area contributed by atoms with Crippen LogP contribution in [0, 0.1) is 0 Å². The molecule has 0 aliphatic rings. The Morgan fingerprint density at radius 1 is 1.50 bits per heavy atom. The second kappa shape index (κ2) is 2.87. The summed E-state index contributed by atoms with van der Waals surface area (Å²) in [6.45, 7) is 3.13. The first-order valence-corrected chi connectivity index (χ1v) is 2.97. The van der Waals surface area contributed by atoms with E-state index in [4.69, 9.17) is 5.73 Å². The molecule has 0 aromatic rings. The largest absolute Gasteiger partial charge is 0.401 e. The van der Waals surface area contributed by atoms with Gasteiger partial charge in [0.25, 0.3) is 0 Å². The highest BCUT2D eigenvalue weighted by molar-refractivity contribution is 9.12. The van der Waals surface area contributed by atoms with E-state index >= 15 is 0 Å². The molecule has 2 nitrogen and oxygen atoms in total. The summed E-state index contributed by atoms with van der Waals surface area (Å²) in [5, 5.41) is 0. The van der Waals surface area contributed by atoms with E-state index in [2.05, 4.69) is 15.9 Å². The first-order chi connectivity index (χ1) is 3.55. The molecule has 0 radical (unpaired) electrons. The smallest absolute Gasteiger partial charge is 0.168 e. The summed E-state index contributed by atoms with van der Waals surface area (Å²) in [5.74, 6) is -0.0370. The Labute approximate surface area is 56.9 Å². The van der Waals surface area contributed by atoms with Gasteiger partial charge in [0, 0.05) is 5.70 Å². The molecule has 0 aromatic heterocycles. The van der Waals surface area contributed by atoms with Crippen LogP contribution >= 0.6 is 15.9 Å². The summed E-state index contributed by atoms with van der Waals surface area (Å²) in [6.07, 6.45) is 0. The van der Waals surface area contributed by atoms with Crippen molar-refractivity contribution in [2.75, 3.05) is 0 Å². The molecule has 0 saturated carbocycles. The molecule has 0 spiro atoms. The molecular weight excluding hydrogens is 170 g/mol. The second-order valence-corrected chi connectivity index (χ2v) is 2.35. The van der Waals surface area contributed by atoms with Crippen molar-refractivity contribution >= 4 is 21.7 Å². The van der Waals surface area contributed by atoms with E-state index < -0.39 is 0 Å². The van der Waals surface area contributed by atoms with Crippen LogP contribution in [0.15, 0.2) is 10.2 Å². The van der Waals surface area contributed by atoms with Gasteiger partial charge in [-0.25, -0.2) is 0 Å². The van der Waals surface area contributed by atoms with Crippen molar-refractivity contribution < 1.29 is 4.79 Å². The van der Waals surface area contributed by atoms with Crippen LogP contribution in [-0.4, -0.2) is 5.78 Å². The maximum absolute atomic E-state index is 10.4. The normalized spacial score (nSPS) is 12.9. The fourth-order valence-corrected chi connectivity index (χ4v) is 0.278. The minimum Gasteiger partial charge on any atom is -0.401 e. The van der Waals surface area contributed by atoms with Crippen LogP contribution < -0.4 is 5.73 Å². The van der Waals surface area contributed by atoms with Crippen LogP contribution in [0.3, 0.4) is 0 Å². The van der Waals surface area contributed by atoms with Crippen molar-refractivity contribution in [2.45, 2.75) is 13.8 Å². The van der Waals surface area contributed by atoms with Gasteiger partial charge >= 0.3 is 0 Å². The van der Waals surface area contributed by atoms with E-state index in [0.29, 0.717) is 10.2 Å². The molecule has 0 unspecified atom stereocenters. The van der Waals surface area contributed by atoms with Crippen LogP contribution in [0.1, 0.15) is 13.8 Å². The van der Waals surface area contributed by atoms with Gasteiger partial charge in [-0.1, -0.05) is 0 Å². The van der Waals surface area contributed by atoms with Gasteiger partial charge in [-0.2, -0.15) is 0 Å². The zero-order chi connectivity index (χ0) is 6.73. The molecule has 0 atom stereocenters. The van der Waals surface area contributed by atoms with Gasteiger partial charge in [0.15, 0.2) is 5.78 Å². The molecule has 46 valence electrons. The lowest BCUT2D eigenvalue weighted by Gasteiger charge is -1.92. The van der Waals surface area contributed by atoms with Crippen molar-refractivity contribution in [3.8, 4) is 0 Å². The summed E-state index contributed by atoms with van der Waals surface area (Å²) in [5.41, 5.74) is 5.77. The van der Waals surface area contributed by atoms with Crippen LogP contribution in [0.2, 0.25) is 0 Å². The van der Waals surface area contributed by atoms with E-state index in [0.717, 1.165) is 0 Å². The number of hydrogen-bond acceptors (Lipinski definition) is 2. The van der Waals surface area contributed by atoms with Crippen molar-refractivity contribution in [2.24, 2.45) is 5.73 Å². The fraction of sp³-hybridized carbons (Fsp3) is 0.400. The summed E-state index contributed by atoms with van der Waals surface area (Å²) < 4.78 is 0.470. The zero-order valence-electron chi connectivity index (χ0n) is 4.86. The van der Waals surface area contributed by atoms with Crippen LogP contribution in [-0.2, 0) is 4.79 Å². The summed E-state index contributed by atoms with van der Waals surface area (Å²) in [6, 6.07) is 0. The first kappa shape index (κ1) is 7.69. The Kier molecular flexibility index (Phi) is 2.76. The van der Waals surface area contributed by atoms with Crippen LogP contribution in [0.4, 0.5) is 0 Å². The second-order valence-electron chi connectivity index (χ2n) is 1.55. The number of nitrogens with two attached hydrogens (primary N) is 1. The summed E-state index contributed by atoms with van der Waals surface area (Å²) in [7, 11) is 0. The number of Topliss-reactive ketones (excluding diaryl/α,β-unsaturated/α-hetero) is 1. The van der Waals surface area contributed by atoms with Gasteiger partial charge in [0.1, 0.15) is 0 Å². The predicted octanol–water partition coefficient (Wildman–Crippen LogP) is 1.16. The number of rotatable bonds is 1. The highest BCUT2D eigenvalue weighted by Gasteiger charge is 1.98. The van der Waals surface area contributed by atoms with Crippen molar-refractivity contribution in [1.82, 2.24) is 0 Å². The highest BCUT2D eigenvalue weighted by Crippen LogP contribution is 2.07. The Hall–Kier alpha value is -0.310. The van der Waals surface area contributed by atoms with Gasteiger partial charge in [-0.3, -0.25) is 4.79 Å². The molecule has 0 aliphatic carbocycles. The molecular formula is C5H8BrNO. The van der Waals surface area contributed by atoms with Gasteiger partial charge in [0.05, 0.1) is 4.48 Å². The van der Waals surface area contributed by atoms with E-state index in [9.17, 15) is 4.79 Å². The number of carbonyl (C=O) groups is 1. The number of halogens is 1. The average molecular weight is 178 g/mol. The van der Waals surface area contributed by atoms with Gasteiger partial charge < -0.3 is 5.73 Å². The third-order valence-electron chi connectivity index (χ3n) is 0.655. The summed E-state index contributed by atoms with van der Waals surface area (Å²) >= 11 is 3.01. The fourth-order valence-electron chi connectivity index (χ4n) is 0.278.